The smallest absolute Gasteiger partial charge is 0.167 e. The fraction of sp³-hybridized carbons (Fsp3) is 0.750. The quantitative estimate of drug-likeness (QED) is 0.572. The van der Waals surface area contributed by atoms with Gasteiger partial charge in [0.25, 0.3) is 0 Å². The predicted molar refractivity (Wildman–Crippen MR) is 42.2 cm³/mol. The minimum absolute atomic E-state index is 0.0924. The van der Waals surface area contributed by atoms with Gasteiger partial charge >= 0.3 is 0 Å². The summed E-state index contributed by atoms with van der Waals surface area (Å²) in [6.45, 7) is 1.42. The lowest BCUT2D eigenvalue weighted by molar-refractivity contribution is -0.154. The van der Waals surface area contributed by atoms with Crippen LogP contribution in [0.25, 0.3) is 0 Å². The van der Waals surface area contributed by atoms with Crippen LogP contribution in [0.5, 0.6) is 0 Å². The summed E-state index contributed by atoms with van der Waals surface area (Å²) in [6.07, 6.45) is -0.482. The maximum atomic E-state index is 11.0. The van der Waals surface area contributed by atoms with Crippen LogP contribution in [-0.4, -0.2) is 26.3 Å². The largest absolute Gasteiger partial charge is 0.355 e. The van der Waals surface area contributed by atoms with Crippen molar-refractivity contribution in [3.8, 4) is 6.07 Å². The molecule has 0 aliphatic carbocycles. The normalized spacial score (nSPS) is 12.6. The van der Waals surface area contributed by atoms with E-state index in [1.54, 1.807) is 0 Å². The number of rotatable bonds is 5. The van der Waals surface area contributed by atoms with Crippen LogP contribution in [-0.2, 0) is 14.3 Å². The second kappa shape index (κ2) is 5.70. The zero-order valence-electron chi connectivity index (χ0n) is 7.53. The highest BCUT2D eigenvalue weighted by molar-refractivity contribution is 5.78. The molecule has 0 N–H and O–H groups in total. The fourth-order valence-corrected chi connectivity index (χ4v) is 0.955. The van der Waals surface area contributed by atoms with Crippen molar-refractivity contribution in [3.05, 3.63) is 0 Å². The van der Waals surface area contributed by atoms with Gasteiger partial charge in [0, 0.05) is 20.6 Å². The van der Waals surface area contributed by atoms with Crippen LogP contribution in [0.4, 0.5) is 0 Å². The number of carbonyl (C=O) groups is 1. The van der Waals surface area contributed by atoms with Gasteiger partial charge in [-0.1, -0.05) is 0 Å². The molecule has 0 rings (SSSR count). The van der Waals surface area contributed by atoms with Crippen LogP contribution in [0.15, 0.2) is 0 Å². The van der Waals surface area contributed by atoms with Crippen LogP contribution in [0.1, 0.15) is 13.3 Å². The average molecular weight is 171 g/mol. The minimum Gasteiger partial charge on any atom is -0.355 e. The van der Waals surface area contributed by atoms with E-state index in [1.165, 1.54) is 21.1 Å². The lowest BCUT2D eigenvalue weighted by Gasteiger charge is -2.19. The highest BCUT2D eigenvalue weighted by Gasteiger charge is 2.24. The molecule has 0 bridgehead atoms. The molecule has 0 radical (unpaired) electrons. The average Bonchev–Trinajstić information content (AvgIpc) is 2.05. The van der Waals surface area contributed by atoms with Gasteiger partial charge in [-0.3, -0.25) is 4.79 Å². The Morgan fingerprint density at radius 1 is 1.50 bits per heavy atom. The Bertz CT molecular complexity index is 181. The molecule has 0 heterocycles. The summed E-state index contributed by atoms with van der Waals surface area (Å²) in [5.74, 6) is -0.574. The molecule has 0 amide bonds. The number of nitrogens with zero attached hydrogens (tertiary/aromatic N) is 1. The third kappa shape index (κ3) is 2.99. The van der Waals surface area contributed by atoms with E-state index in [2.05, 4.69) is 0 Å². The lowest BCUT2D eigenvalue weighted by Crippen LogP contribution is -2.29. The fourth-order valence-electron chi connectivity index (χ4n) is 0.955. The van der Waals surface area contributed by atoms with Crippen LogP contribution in [0.2, 0.25) is 0 Å². The van der Waals surface area contributed by atoms with Crippen LogP contribution in [0.3, 0.4) is 0 Å². The molecule has 1 atom stereocenters. The van der Waals surface area contributed by atoms with Gasteiger partial charge in [-0.2, -0.15) is 5.26 Å². The Hall–Kier alpha value is -0.920. The minimum atomic E-state index is -0.609. The highest BCUT2D eigenvalue weighted by Crippen LogP contribution is 2.13. The van der Waals surface area contributed by atoms with Crippen LogP contribution >= 0.6 is 0 Å². The Balaban J connectivity index is 4.27. The molecule has 68 valence electrons. The van der Waals surface area contributed by atoms with Crippen molar-refractivity contribution in [1.82, 2.24) is 0 Å². The van der Waals surface area contributed by atoms with Gasteiger partial charge in [0.2, 0.25) is 0 Å². The summed E-state index contributed by atoms with van der Waals surface area (Å²) in [4.78, 5) is 11.0. The van der Waals surface area contributed by atoms with E-state index in [1.807, 2.05) is 6.07 Å². The van der Waals surface area contributed by atoms with Gasteiger partial charge in [-0.15, -0.1) is 0 Å². The molecule has 0 aliphatic heterocycles. The zero-order valence-corrected chi connectivity index (χ0v) is 7.53. The molecule has 0 saturated heterocycles. The van der Waals surface area contributed by atoms with Crippen LogP contribution < -0.4 is 0 Å². The molecule has 0 aromatic carbocycles. The molecule has 0 spiro atoms. The second-order valence-electron chi connectivity index (χ2n) is 2.42. The van der Waals surface area contributed by atoms with Gasteiger partial charge in [-0.05, 0) is 6.92 Å². The summed E-state index contributed by atoms with van der Waals surface area (Å²) >= 11 is 0. The number of hydrogen-bond acceptors (Lipinski definition) is 4. The van der Waals surface area contributed by atoms with E-state index in [4.69, 9.17) is 14.7 Å². The maximum Gasteiger partial charge on any atom is 0.167 e. The summed E-state index contributed by atoms with van der Waals surface area (Å²) in [7, 11) is 2.89. The summed E-state index contributed by atoms with van der Waals surface area (Å²) in [5.41, 5.74) is 0. The van der Waals surface area contributed by atoms with E-state index in [9.17, 15) is 4.79 Å². The standard InChI is InChI=1S/C8H13NO3/c1-6(10)7(4-5-9)8(11-2)12-3/h7-8H,4H2,1-3H3. The van der Waals surface area contributed by atoms with Gasteiger partial charge in [0.1, 0.15) is 5.78 Å². The topological polar surface area (TPSA) is 59.3 Å². The number of ketones is 1. The molecule has 0 saturated carbocycles. The number of hydrogen-bond donors (Lipinski definition) is 0. The number of ether oxygens (including phenoxy) is 2. The number of nitriles is 1. The van der Waals surface area contributed by atoms with E-state index < -0.39 is 12.2 Å². The molecular formula is C8H13NO3. The van der Waals surface area contributed by atoms with E-state index in [-0.39, 0.29) is 12.2 Å². The third-order valence-corrected chi connectivity index (χ3v) is 1.63. The first-order valence-electron chi connectivity index (χ1n) is 3.60. The van der Waals surface area contributed by atoms with Crippen molar-refractivity contribution in [2.24, 2.45) is 5.92 Å². The van der Waals surface area contributed by atoms with E-state index in [0.29, 0.717) is 0 Å². The zero-order chi connectivity index (χ0) is 9.56. The van der Waals surface area contributed by atoms with Crippen molar-refractivity contribution >= 4 is 5.78 Å². The Morgan fingerprint density at radius 3 is 2.25 bits per heavy atom. The Morgan fingerprint density at radius 2 is 2.00 bits per heavy atom. The lowest BCUT2D eigenvalue weighted by atomic mass is 10.0. The molecule has 4 heteroatoms. The molecular weight excluding hydrogens is 158 g/mol. The molecule has 0 fully saturated rings. The first-order chi connectivity index (χ1) is 5.67. The van der Waals surface area contributed by atoms with Crippen molar-refractivity contribution < 1.29 is 14.3 Å². The molecule has 0 aromatic heterocycles. The monoisotopic (exact) mass is 171 g/mol. The van der Waals surface area contributed by atoms with Crippen LogP contribution in [0, 0.1) is 17.2 Å². The van der Waals surface area contributed by atoms with Gasteiger partial charge in [-0.25, -0.2) is 0 Å². The molecule has 4 nitrogen and oxygen atoms in total. The molecule has 0 aromatic rings. The molecule has 1 unspecified atom stereocenters. The van der Waals surface area contributed by atoms with Crippen molar-refractivity contribution in [3.63, 3.8) is 0 Å². The Labute approximate surface area is 72.1 Å². The SMILES string of the molecule is COC(OC)C(CC#N)C(C)=O. The van der Waals surface area contributed by atoms with E-state index in [0.717, 1.165) is 0 Å². The van der Waals surface area contributed by atoms with Gasteiger partial charge in [0.05, 0.1) is 12.0 Å². The maximum absolute atomic E-state index is 11.0. The molecule has 0 aliphatic rings. The Kier molecular flexibility index (Phi) is 5.26. The predicted octanol–water partition coefficient (Wildman–Crippen LogP) is 0.724. The van der Waals surface area contributed by atoms with Gasteiger partial charge < -0.3 is 9.47 Å². The second-order valence-corrected chi connectivity index (χ2v) is 2.42. The number of carbonyl (C=O) groups excluding carboxylic acids is 1. The highest BCUT2D eigenvalue weighted by atomic mass is 16.7. The van der Waals surface area contributed by atoms with Crippen molar-refractivity contribution in [1.29, 1.82) is 5.26 Å². The first-order valence-corrected chi connectivity index (χ1v) is 3.60. The first kappa shape index (κ1) is 11.1. The van der Waals surface area contributed by atoms with Crippen molar-refractivity contribution in [2.45, 2.75) is 19.6 Å². The number of Topliss-reactive ketones (excluding diaryl/α,β-unsaturated/α-hetero) is 1. The molecule has 12 heavy (non-hydrogen) atoms. The summed E-state index contributed by atoms with van der Waals surface area (Å²) in [6, 6.07) is 1.92. The van der Waals surface area contributed by atoms with Crippen molar-refractivity contribution in [2.75, 3.05) is 14.2 Å². The van der Waals surface area contributed by atoms with E-state index >= 15 is 0 Å². The summed E-state index contributed by atoms with van der Waals surface area (Å²) in [5, 5.41) is 8.41. The van der Waals surface area contributed by atoms with Gasteiger partial charge in [0.15, 0.2) is 6.29 Å². The number of methoxy groups -OCH3 is 2. The summed E-state index contributed by atoms with van der Waals surface area (Å²) < 4.78 is 9.76. The third-order valence-electron chi connectivity index (χ3n) is 1.63.